The molecule has 0 unspecified atom stereocenters. The zero-order chi connectivity index (χ0) is 19.4. The second-order valence-corrected chi connectivity index (χ2v) is 9.43. The Kier molecular flexibility index (Phi) is 5.57. The third-order valence-corrected chi connectivity index (χ3v) is 7.46. The summed E-state index contributed by atoms with van der Waals surface area (Å²) >= 11 is 1.22. The molecule has 144 valence electrons. The van der Waals surface area contributed by atoms with Crippen molar-refractivity contribution in [1.29, 1.82) is 0 Å². The Hall–Kier alpha value is -2.48. The number of nitrogens with zero attached hydrogens (tertiary/aromatic N) is 2. The molecule has 0 spiro atoms. The van der Waals surface area contributed by atoms with E-state index in [2.05, 4.69) is 21.4 Å². The number of hydrogen-bond donors (Lipinski definition) is 1. The number of rotatable bonds is 8. The van der Waals surface area contributed by atoms with Gasteiger partial charge in [-0.1, -0.05) is 48.5 Å². The summed E-state index contributed by atoms with van der Waals surface area (Å²) in [6.07, 6.45) is 1.70. The van der Waals surface area contributed by atoms with Crippen molar-refractivity contribution < 1.29 is 8.42 Å². The van der Waals surface area contributed by atoms with E-state index < -0.39 is 10.0 Å². The van der Waals surface area contributed by atoms with Gasteiger partial charge in [-0.25, -0.2) is 18.1 Å². The number of nitrogens with one attached hydrogen (secondary N) is 1. The first-order chi connectivity index (χ1) is 13.6. The van der Waals surface area contributed by atoms with Crippen molar-refractivity contribution in [3.8, 4) is 0 Å². The van der Waals surface area contributed by atoms with Crippen LogP contribution in [0, 0.1) is 0 Å². The minimum absolute atomic E-state index is 0.318. The van der Waals surface area contributed by atoms with Crippen LogP contribution >= 0.6 is 11.3 Å². The Morgan fingerprint density at radius 2 is 1.71 bits per heavy atom. The zero-order valence-electron chi connectivity index (χ0n) is 15.3. The molecule has 28 heavy (non-hydrogen) atoms. The minimum atomic E-state index is -3.46. The molecule has 1 N–H and O–H groups in total. The number of hydrogen-bond acceptors (Lipinski definition) is 4. The first-order valence-corrected chi connectivity index (χ1v) is 11.5. The number of sulfonamides is 1. The van der Waals surface area contributed by atoms with Crippen LogP contribution < -0.4 is 4.72 Å². The maximum atomic E-state index is 12.4. The molecule has 0 amide bonds. The van der Waals surface area contributed by atoms with E-state index in [9.17, 15) is 8.42 Å². The molecule has 2 aromatic heterocycles. The molecule has 4 rings (SSSR count). The van der Waals surface area contributed by atoms with Crippen LogP contribution in [0.2, 0.25) is 0 Å². The van der Waals surface area contributed by atoms with E-state index in [1.165, 1.54) is 16.9 Å². The normalized spacial score (nSPS) is 11.9. The molecule has 0 bridgehead atoms. The summed E-state index contributed by atoms with van der Waals surface area (Å²) in [5.74, 6) is 0.973. The van der Waals surface area contributed by atoms with Gasteiger partial charge in [0.05, 0.1) is 11.0 Å². The number of aryl methyl sites for hydroxylation is 2. The maximum Gasteiger partial charge on any atom is 0.250 e. The van der Waals surface area contributed by atoms with Gasteiger partial charge in [0.1, 0.15) is 10.0 Å². The van der Waals surface area contributed by atoms with Crippen LogP contribution in [0.25, 0.3) is 11.0 Å². The Morgan fingerprint density at radius 3 is 2.50 bits per heavy atom. The quantitative estimate of drug-likeness (QED) is 0.479. The van der Waals surface area contributed by atoms with Gasteiger partial charge >= 0.3 is 0 Å². The van der Waals surface area contributed by atoms with Gasteiger partial charge in [0.25, 0.3) is 0 Å². The molecule has 0 saturated carbocycles. The fraction of sp³-hybridized carbons (Fsp3) is 0.190. The Morgan fingerprint density at radius 1 is 0.929 bits per heavy atom. The van der Waals surface area contributed by atoms with Crippen LogP contribution in [-0.2, 0) is 29.4 Å². The van der Waals surface area contributed by atoms with Crippen molar-refractivity contribution in [1.82, 2.24) is 14.3 Å². The largest absolute Gasteiger partial charge is 0.327 e. The summed E-state index contributed by atoms with van der Waals surface area (Å²) in [5, 5.41) is 1.76. The van der Waals surface area contributed by atoms with Gasteiger partial charge in [-0.05, 0) is 35.6 Å². The number of aromatic nitrogens is 2. The van der Waals surface area contributed by atoms with Crippen molar-refractivity contribution in [2.45, 2.75) is 23.6 Å². The first kappa shape index (κ1) is 18.9. The predicted molar refractivity (Wildman–Crippen MR) is 113 cm³/mol. The molecular formula is C21H21N3O2S2. The predicted octanol–water partition coefficient (Wildman–Crippen LogP) is 3.86. The van der Waals surface area contributed by atoms with E-state index in [-0.39, 0.29) is 0 Å². The number of thiophene rings is 1. The molecule has 2 heterocycles. The van der Waals surface area contributed by atoms with Crippen LogP contribution in [0.15, 0.2) is 76.3 Å². The van der Waals surface area contributed by atoms with Gasteiger partial charge < -0.3 is 4.57 Å². The summed E-state index contributed by atoms with van der Waals surface area (Å²) in [6.45, 7) is 0.855. The minimum Gasteiger partial charge on any atom is -0.327 e. The molecule has 7 heteroatoms. The van der Waals surface area contributed by atoms with Crippen molar-refractivity contribution >= 4 is 32.4 Å². The van der Waals surface area contributed by atoms with Crippen LogP contribution in [0.5, 0.6) is 0 Å². The van der Waals surface area contributed by atoms with E-state index in [0.29, 0.717) is 17.3 Å². The van der Waals surface area contributed by atoms with E-state index in [0.717, 1.165) is 29.7 Å². The SMILES string of the molecule is O=S(=O)(NCCn1c(CCc2ccccc2)nc2ccccc21)c1cccs1. The molecule has 0 saturated heterocycles. The average Bonchev–Trinajstić information content (AvgIpc) is 3.36. The summed E-state index contributed by atoms with van der Waals surface area (Å²) in [6, 6.07) is 21.7. The Balaban J connectivity index is 1.52. The molecule has 0 aliphatic heterocycles. The monoisotopic (exact) mass is 411 g/mol. The third-order valence-electron chi connectivity index (χ3n) is 4.60. The number of imidazole rings is 1. The van der Waals surface area contributed by atoms with Gasteiger partial charge in [0.15, 0.2) is 0 Å². The van der Waals surface area contributed by atoms with Crippen LogP contribution in [0.1, 0.15) is 11.4 Å². The Bertz CT molecular complexity index is 1150. The van der Waals surface area contributed by atoms with Gasteiger partial charge in [-0.15, -0.1) is 11.3 Å². The second kappa shape index (κ2) is 8.26. The van der Waals surface area contributed by atoms with Gasteiger partial charge in [0.2, 0.25) is 10.0 Å². The van der Waals surface area contributed by atoms with Crippen LogP contribution in [0.4, 0.5) is 0 Å². The molecule has 0 atom stereocenters. The van der Waals surface area contributed by atoms with E-state index in [1.54, 1.807) is 17.5 Å². The highest BCUT2D eigenvalue weighted by molar-refractivity contribution is 7.91. The highest BCUT2D eigenvalue weighted by Crippen LogP contribution is 2.18. The molecule has 0 radical (unpaired) electrons. The maximum absolute atomic E-state index is 12.4. The highest BCUT2D eigenvalue weighted by atomic mass is 32.2. The smallest absolute Gasteiger partial charge is 0.250 e. The Labute approximate surface area is 168 Å². The zero-order valence-corrected chi connectivity index (χ0v) is 16.9. The van der Waals surface area contributed by atoms with Crippen LogP contribution in [-0.4, -0.2) is 24.5 Å². The molecule has 2 aromatic carbocycles. The van der Waals surface area contributed by atoms with E-state index >= 15 is 0 Å². The van der Waals surface area contributed by atoms with Gasteiger partial charge in [-0.3, -0.25) is 0 Å². The van der Waals surface area contributed by atoms with E-state index in [4.69, 9.17) is 4.98 Å². The summed E-state index contributed by atoms with van der Waals surface area (Å²) < 4.78 is 29.9. The number of para-hydroxylation sites is 2. The summed E-state index contributed by atoms with van der Waals surface area (Å²) in [4.78, 5) is 4.78. The lowest BCUT2D eigenvalue weighted by molar-refractivity contribution is 0.573. The lowest BCUT2D eigenvalue weighted by Crippen LogP contribution is -2.27. The highest BCUT2D eigenvalue weighted by Gasteiger charge is 2.16. The van der Waals surface area contributed by atoms with Crippen molar-refractivity contribution in [2.75, 3.05) is 6.54 Å². The lowest BCUT2D eigenvalue weighted by atomic mass is 10.1. The summed E-state index contributed by atoms with van der Waals surface area (Å²) in [7, 11) is -3.46. The molecule has 4 aromatic rings. The fourth-order valence-corrected chi connectivity index (χ4v) is 5.30. The molecular weight excluding hydrogens is 390 g/mol. The topological polar surface area (TPSA) is 64.0 Å². The van der Waals surface area contributed by atoms with Crippen molar-refractivity contribution in [3.63, 3.8) is 0 Å². The summed E-state index contributed by atoms with van der Waals surface area (Å²) in [5.41, 5.74) is 3.23. The standard InChI is InChI=1S/C21H21N3O2S2/c25-28(26,21-11-6-16-27-21)22-14-15-24-19-10-5-4-9-18(19)23-20(24)13-12-17-7-2-1-3-8-17/h1-11,16,22H,12-15H2. The number of fused-ring (bicyclic) bond motifs is 1. The van der Waals surface area contributed by atoms with Crippen molar-refractivity contribution in [3.05, 3.63) is 83.5 Å². The van der Waals surface area contributed by atoms with Crippen LogP contribution in [0.3, 0.4) is 0 Å². The van der Waals surface area contributed by atoms with E-state index in [1.807, 2.05) is 42.5 Å². The third kappa shape index (κ3) is 4.16. The molecule has 0 fully saturated rings. The second-order valence-electron chi connectivity index (χ2n) is 6.48. The molecule has 0 aliphatic rings. The lowest BCUT2D eigenvalue weighted by Gasteiger charge is -2.10. The fourth-order valence-electron chi connectivity index (χ4n) is 3.25. The molecule has 5 nitrogen and oxygen atoms in total. The molecule has 0 aliphatic carbocycles. The number of benzene rings is 2. The van der Waals surface area contributed by atoms with Crippen molar-refractivity contribution in [2.24, 2.45) is 0 Å². The van der Waals surface area contributed by atoms with Gasteiger partial charge in [0, 0.05) is 19.5 Å². The van der Waals surface area contributed by atoms with Gasteiger partial charge in [-0.2, -0.15) is 0 Å². The average molecular weight is 412 g/mol. The first-order valence-electron chi connectivity index (χ1n) is 9.15.